The fourth-order valence-corrected chi connectivity index (χ4v) is 1.71. The van der Waals surface area contributed by atoms with Crippen molar-refractivity contribution in [3.8, 4) is 6.07 Å². The second-order valence-electron chi connectivity index (χ2n) is 4.19. The Hall–Kier alpha value is -2.34. The summed E-state index contributed by atoms with van der Waals surface area (Å²) in [4.78, 5) is 4.12. The van der Waals surface area contributed by atoms with E-state index in [0.717, 1.165) is 17.8 Å². The molecule has 0 amide bonds. The number of rotatable bonds is 4. The van der Waals surface area contributed by atoms with Gasteiger partial charge in [-0.25, -0.2) is 0 Å². The minimum atomic E-state index is 0.460. The second kappa shape index (κ2) is 5.83. The summed E-state index contributed by atoms with van der Waals surface area (Å²) in [6.07, 6.45) is 4.14. The van der Waals surface area contributed by atoms with Crippen LogP contribution in [0.5, 0.6) is 0 Å². The normalized spacial score (nSPS) is 9.78. The molecule has 0 fully saturated rings. The van der Waals surface area contributed by atoms with E-state index in [4.69, 9.17) is 5.26 Å². The molecule has 1 aromatic heterocycles. The Labute approximate surface area is 107 Å². The van der Waals surface area contributed by atoms with Crippen molar-refractivity contribution >= 4 is 5.69 Å². The summed E-state index contributed by atoms with van der Waals surface area (Å²) in [7, 11) is 0. The van der Waals surface area contributed by atoms with Gasteiger partial charge in [0.1, 0.15) is 0 Å². The summed E-state index contributed by atoms with van der Waals surface area (Å²) in [5.41, 5.74) is 4.53. The minimum Gasteiger partial charge on any atom is -0.381 e. The Morgan fingerprint density at radius 1 is 1.22 bits per heavy atom. The van der Waals surface area contributed by atoms with Crippen molar-refractivity contribution in [3.05, 3.63) is 59.4 Å². The first-order valence-electron chi connectivity index (χ1n) is 5.89. The second-order valence-corrected chi connectivity index (χ2v) is 4.19. The highest BCUT2D eigenvalue weighted by molar-refractivity contribution is 5.45. The van der Waals surface area contributed by atoms with Crippen molar-refractivity contribution < 1.29 is 0 Å². The zero-order chi connectivity index (χ0) is 12.8. The van der Waals surface area contributed by atoms with Gasteiger partial charge in [-0.3, -0.25) is 4.98 Å². The topological polar surface area (TPSA) is 48.7 Å². The molecule has 0 radical (unpaired) electrons. The van der Waals surface area contributed by atoms with E-state index in [0.29, 0.717) is 6.42 Å². The number of nitrogens with one attached hydrogen (secondary N) is 1. The van der Waals surface area contributed by atoms with Gasteiger partial charge in [-0.05, 0) is 41.8 Å². The molecule has 0 aliphatic heterocycles. The maximum atomic E-state index is 8.60. The van der Waals surface area contributed by atoms with Crippen LogP contribution in [0, 0.1) is 18.3 Å². The van der Waals surface area contributed by atoms with Gasteiger partial charge in [-0.15, -0.1) is 0 Å². The number of aromatic nitrogens is 1. The highest BCUT2D eigenvalue weighted by Gasteiger charge is 1.98. The van der Waals surface area contributed by atoms with E-state index in [1.54, 1.807) is 6.20 Å². The van der Waals surface area contributed by atoms with Crippen LogP contribution < -0.4 is 5.32 Å². The molecule has 0 bridgehead atoms. The fraction of sp³-hybridized carbons (Fsp3) is 0.200. The number of benzene rings is 1. The van der Waals surface area contributed by atoms with Gasteiger partial charge in [-0.1, -0.05) is 12.1 Å². The van der Waals surface area contributed by atoms with Gasteiger partial charge in [0.15, 0.2) is 0 Å². The SMILES string of the molecule is Cc1ccncc1CNc1ccc(CC#N)cc1. The molecule has 0 unspecified atom stereocenters. The van der Waals surface area contributed by atoms with E-state index < -0.39 is 0 Å². The van der Waals surface area contributed by atoms with Gasteiger partial charge in [0.05, 0.1) is 12.5 Å². The Balaban J connectivity index is 1.98. The van der Waals surface area contributed by atoms with Crippen LogP contribution in [0.25, 0.3) is 0 Å². The van der Waals surface area contributed by atoms with Crippen molar-refractivity contribution in [1.82, 2.24) is 4.98 Å². The number of nitrogens with zero attached hydrogens (tertiary/aromatic N) is 2. The van der Waals surface area contributed by atoms with Crippen LogP contribution in [0.15, 0.2) is 42.7 Å². The average molecular weight is 237 g/mol. The number of anilines is 1. The molecule has 1 heterocycles. The third-order valence-corrected chi connectivity index (χ3v) is 2.87. The summed E-state index contributed by atoms with van der Waals surface area (Å²) >= 11 is 0. The first kappa shape index (κ1) is 12.1. The quantitative estimate of drug-likeness (QED) is 0.889. The molecule has 1 N–H and O–H groups in total. The molecular weight excluding hydrogens is 222 g/mol. The number of pyridine rings is 1. The van der Waals surface area contributed by atoms with Gasteiger partial charge in [-0.2, -0.15) is 5.26 Å². The van der Waals surface area contributed by atoms with E-state index in [9.17, 15) is 0 Å². The van der Waals surface area contributed by atoms with Crippen LogP contribution in [-0.2, 0) is 13.0 Å². The molecule has 0 saturated heterocycles. The zero-order valence-electron chi connectivity index (χ0n) is 10.4. The van der Waals surface area contributed by atoms with Crippen LogP contribution in [0.4, 0.5) is 5.69 Å². The zero-order valence-corrected chi connectivity index (χ0v) is 10.4. The van der Waals surface area contributed by atoms with E-state index in [1.807, 2.05) is 36.5 Å². The maximum absolute atomic E-state index is 8.60. The van der Waals surface area contributed by atoms with Crippen molar-refractivity contribution in [3.63, 3.8) is 0 Å². The maximum Gasteiger partial charge on any atom is 0.0669 e. The summed E-state index contributed by atoms with van der Waals surface area (Å²) in [6, 6.07) is 12.1. The van der Waals surface area contributed by atoms with E-state index in [1.165, 1.54) is 11.1 Å². The molecule has 90 valence electrons. The third-order valence-electron chi connectivity index (χ3n) is 2.87. The fourth-order valence-electron chi connectivity index (χ4n) is 1.71. The predicted octanol–water partition coefficient (Wildman–Crippen LogP) is 3.07. The smallest absolute Gasteiger partial charge is 0.0669 e. The van der Waals surface area contributed by atoms with Crippen molar-refractivity contribution in [1.29, 1.82) is 5.26 Å². The van der Waals surface area contributed by atoms with E-state index in [2.05, 4.69) is 23.3 Å². The van der Waals surface area contributed by atoms with Gasteiger partial charge < -0.3 is 5.32 Å². The van der Waals surface area contributed by atoms with Crippen LogP contribution in [-0.4, -0.2) is 4.98 Å². The van der Waals surface area contributed by atoms with E-state index in [-0.39, 0.29) is 0 Å². The van der Waals surface area contributed by atoms with Gasteiger partial charge in [0.25, 0.3) is 0 Å². The lowest BCUT2D eigenvalue weighted by atomic mass is 10.1. The lowest BCUT2D eigenvalue weighted by Gasteiger charge is -2.08. The number of hydrogen-bond donors (Lipinski definition) is 1. The largest absolute Gasteiger partial charge is 0.381 e. The Morgan fingerprint density at radius 2 is 2.00 bits per heavy atom. The summed E-state index contributed by atoms with van der Waals surface area (Å²) in [5, 5.41) is 11.9. The highest BCUT2D eigenvalue weighted by Crippen LogP contribution is 2.12. The summed E-state index contributed by atoms with van der Waals surface area (Å²) in [6.45, 7) is 2.84. The molecule has 18 heavy (non-hydrogen) atoms. The van der Waals surface area contributed by atoms with Gasteiger partial charge >= 0.3 is 0 Å². The summed E-state index contributed by atoms with van der Waals surface area (Å²) < 4.78 is 0. The Bertz CT molecular complexity index is 553. The monoisotopic (exact) mass is 237 g/mol. The van der Waals surface area contributed by atoms with Crippen molar-refractivity contribution in [2.24, 2.45) is 0 Å². The average Bonchev–Trinajstić information content (AvgIpc) is 2.40. The minimum absolute atomic E-state index is 0.460. The molecule has 0 aliphatic rings. The first-order valence-corrected chi connectivity index (χ1v) is 5.89. The standard InChI is InChI=1S/C15H15N3/c1-12-7-9-17-10-14(12)11-18-15-4-2-13(3-5-15)6-8-16/h2-5,7,9-10,18H,6,11H2,1H3. The third kappa shape index (κ3) is 3.08. The first-order chi connectivity index (χ1) is 8.79. The van der Waals surface area contributed by atoms with Crippen molar-refractivity contribution in [2.75, 3.05) is 5.32 Å². The highest BCUT2D eigenvalue weighted by atomic mass is 14.9. The Kier molecular flexibility index (Phi) is 3.93. The molecule has 0 aliphatic carbocycles. The molecule has 1 aromatic carbocycles. The molecule has 3 heteroatoms. The lowest BCUT2D eigenvalue weighted by Crippen LogP contribution is -2.01. The van der Waals surface area contributed by atoms with Gasteiger partial charge in [0, 0.05) is 24.6 Å². The molecule has 0 saturated carbocycles. The Morgan fingerprint density at radius 3 is 2.67 bits per heavy atom. The number of hydrogen-bond acceptors (Lipinski definition) is 3. The number of aryl methyl sites for hydroxylation is 1. The van der Waals surface area contributed by atoms with Crippen LogP contribution in [0.2, 0.25) is 0 Å². The molecule has 0 spiro atoms. The van der Waals surface area contributed by atoms with Crippen LogP contribution in [0.1, 0.15) is 16.7 Å². The molecule has 2 aromatic rings. The summed E-state index contributed by atoms with van der Waals surface area (Å²) in [5.74, 6) is 0. The van der Waals surface area contributed by atoms with E-state index >= 15 is 0 Å². The van der Waals surface area contributed by atoms with Crippen molar-refractivity contribution in [2.45, 2.75) is 19.9 Å². The molecule has 0 atom stereocenters. The van der Waals surface area contributed by atoms with Gasteiger partial charge in [0.2, 0.25) is 0 Å². The lowest BCUT2D eigenvalue weighted by molar-refractivity contribution is 1.08. The molecular formula is C15H15N3. The van der Waals surface area contributed by atoms with Crippen LogP contribution >= 0.6 is 0 Å². The molecule has 2 rings (SSSR count). The van der Waals surface area contributed by atoms with Crippen LogP contribution in [0.3, 0.4) is 0 Å². The molecule has 3 nitrogen and oxygen atoms in total. The predicted molar refractivity (Wildman–Crippen MR) is 72.1 cm³/mol. The number of nitriles is 1.